The van der Waals surface area contributed by atoms with Gasteiger partial charge in [0.25, 0.3) is 0 Å². The van der Waals surface area contributed by atoms with E-state index < -0.39 is 6.10 Å². The second-order valence-electron chi connectivity index (χ2n) is 18.1. The largest absolute Gasteiger partial charge is 0.462 e. The Morgan fingerprint density at radius 1 is 0.311 bits per heavy atom. The van der Waals surface area contributed by atoms with Crippen LogP contribution in [0.5, 0.6) is 0 Å². The lowest BCUT2D eigenvalue weighted by Crippen LogP contribution is -2.30. The van der Waals surface area contributed by atoms with Crippen molar-refractivity contribution in [2.45, 2.75) is 297 Å². The average molecular weight is 859 g/mol. The summed E-state index contributed by atoms with van der Waals surface area (Å²) in [4.78, 5) is 37.8. The minimum atomic E-state index is -0.769. The molecule has 0 aliphatic rings. The number of esters is 3. The van der Waals surface area contributed by atoms with Crippen LogP contribution in [0.4, 0.5) is 0 Å². The molecular weight excluding hydrogens is 757 g/mol. The molecule has 0 saturated carbocycles. The molecule has 1 atom stereocenters. The molecule has 61 heavy (non-hydrogen) atoms. The Kier molecular flexibility index (Phi) is 48.8. The van der Waals surface area contributed by atoms with E-state index in [0.29, 0.717) is 19.3 Å². The molecule has 0 spiro atoms. The van der Waals surface area contributed by atoms with Gasteiger partial charge in [-0.15, -0.1) is 0 Å². The Morgan fingerprint density at radius 2 is 0.557 bits per heavy atom. The summed E-state index contributed by atoms with van der Waals surface area (Å²) in [6, 6.07) is 0. The summed E-state index contributed by atoms with van der Waals surface area (Å²) < 4.78 is 16.8. The van der Waals surface area contributed by atoms with E-state index in [2.05, 4.69) is 45.1 Å². The topological polar surface area (TPSA) is 78.9 Å². The van der Waals surface area contributed by atoms with Crippen LogP contribution < -0.4 is 0 Å². The number of ether oxygens (including phenoxy) is 3. The molecule has 0 aliphatic carbocycles. The summed E-state index contributed by atoms with van der Waals surface area (Å²) in [6.07, 6.45) is 57.5. The number of hydrogen-bond donors (Lipinski definition) is 0. The molecule has 0 aromatic heterocycles. The molecule has 0 aromatic rings. The van der Waals surface area contributed by atoms with E-state index in [1.807, 2.05) is 0 Å². The number of carbonyl (C=O) groups excluding carboxylic acids is 3. The maximum Gasteiger partial charge on any atom is 0.306 e. The van der Waals surface area contributed by atoms with Crippen molar-refractivity contribution in [3.8, 4) is 0 Å². The summed E-state index contributed by atoms with van der Waals surface area (Å²) in [5.74, 6) is -0.874. The molecule has 0 amide bonds. The van der Waals surface area contributed by atoms with Crippen molar-refractivity contribution >= 4 is 17.9 Å². The van der Waals surface area contributed by atoms with Crippen molar-refractivity contribution in [2.24, 2.45) is 0 Å². The number of carbonyl (C=O) groups is 3. The van der Waals surface area contributed by atoms with Crippen LogP contribution in [0.15, 0.2) is 24.3 Å². The Labute approximate surface area is 379 Å². The Hall–Kier alpha value is -2.11. The van der Waals surface area contributed by atoms with Gasteiger partial charge in [-0.2, -0.15) is 0 Å². The minimum Gasteiger partial charge on any atom is -0.462 e. The van der Waals surface area contributed by atoms with Crippen LogP contribution in [-0.2, 0) is 28.6 Å². The highest BCUT2D eigenvalue weighted by atomic mass is 16.6. The summed E-state index contributed by atoms with van der Waals surface area (Å²) in [5.41, 5.74) is 0. The number of rotatable bonds is 49. The lowest BCUT2D eigenvalue weighted by atomic mass is 10.0. The third-order valence-corrected chi connectivity index (χ3v) is 11.9. The monoisotopic (exact) mass is 859 g/mol. The van der Waals surface area contributed by atoms with Gasteiger partial charge in [-0.05, 0) is 64.2 Å². The molecule has 0 saturated heterocycles. The number of allylic oxidation sites excluding steroid dienone is 4. The van der Waals surface area contributed by atoms with Gasteiger partial charge >= 0.3 is 17.9 Å². The highest BCUT2D eigenvalue weighted by Gasteiger charge is 2.19. The molecule has 0 fully saturated rings. The van der Waals surface area contributed by atoms with Crippen molar-refractivity contribution in [3.05, 3.63) is 24.3 Å². The molecule has 1 unspecified atom stereocenters. The highest BCUT2D eigenvalue weighted by molar-refractivity contribution is 5.71. The predicted octanol–water partition coefficient (Wildman–Crippen LogP) is 17.5. The zero-order chi connectivity index (χ0) is 44.4. The molecule has 0 aliphatic heterocycles. The Balaban J connectivity index is 4.15. The fraction of sp³-hybridized carbons (Fsp3) is 0.873. The smallest absolute Gasteiger partial charge is 0.306 e. The normalized spacial score (nSPS) is 12.1. The van der Waals surface area contributed by atoms with Gasteiger partial charge in [0.05, 0.1) is 0 Å². The van der Waals surface area contributed by atoms with E-state index in [1.54, 1.807) is 0 Å². The molecule has 0 bridgehead atoms. The zero-order valence-electron chi connectivity index (χ0n) is 40.9. The van der Waals surface area contributed by atoms with Crippen LogP contribution in [0.1, 0.15) is 290 Å². The van der Waals surface area contributed by atoms with Crippen molar-refractivity contribution in [1.29, 1.82) is 0 Å². The third kappa shape index (κ3) is 48.8. The summed E-state index contributed by atoms with van der Waals surface area (Å²) in [6.45, 7) is 6.60. The summed E-state index contributed by atoms with van der Waals surface area (Å²) in [7, 11) is 0. The van der Waals surface area contributed by atoms with Crippen molar-refractivity contribution in [1.82, 2.24) is 0 Å². The molecule has 6 nitrogen and oxygen atoms in total. The van der Waals surface area contributed by atoms with Crippen molar-refractivity contribution < 1.29 is 28.6 Å². The molecular formula is C55H102O6. The van der Waals surface area contributed by atoms with Gasteiger partial charge in [-0.1, -0.05) is 231 Å². The second kappa shape index (κ2) is 50.5. The van der Waals surface area contributed by atoms with E-state index in [-0.39, 0.29) is 31.1 Å². The lowest BCUT2D eigenvalue weighted by molar-refractivity contribution is -0.167. The molecule has 0 N–H and O–H groups in total. The van der Waals surface area contributed by atoms with Gasteiger partial charge in [0.1, 0.15) is 13.2 Å². The third-order valence-electron chi connectivity index (χ3n) is 11.9. The Morgan fingerprint density at radius 3 is 0.869 bits per heavy atom. The van der Waals surface area contributed by atoms with E-state index >= 15 is 0 Å². The minimum absolute atomic E-state index is 0.0716. The first kappa shape index (κ1) is 58.9. The molecule has 0 heterocycles. The summed E-state index contributed by atoms with van der Waals surface area (Å²) in [5, 5.41) is 0. The molecule has 6 heteroatoms. The van der Waals surface area contributed by atoms with Gasteiger partial charge in [-0.25, -0.2) is 0 Å². The first-order valence-electron chi connectivity index (χ1n) is 26.8. The highest BCUT2D eigenvalue weighted by Crippen LogP contribution is 2.16. The predicted molar refractivity (Wildman–Crippen MR) is 261 cm³/mol. The number of unbranched alkanes of at least 4 members (excludes halogenated alkanes) is 34. The van der Waals surface area contributed by atoms with E-state index in [9.17, 15) is 14.4 Å². The van der Waals surface area contributed by atoms with E-state index in [4.69, 9.17) is 14.2 Å². The van der Waals surface area contributed by atoms with E-state index in [1.165, 1.54) is 186 Å². The summed E-state index contributed by atoms with van der Waals surface area (Å²) >= 11 is 0. The van der Waals surface area contributed by atoms with Gasteiger partial charge in [-0.3, -0.25) is 14.4 Å². The zero-order valence-corrected chi connectivity index (χ0v) is 40.9. The van der Waals surface area contributed by atoms with Crippen molar-refractivity contribution in [2.75, 3.05) is 13.2 Å². The van der Waals surface area contributed by atoms with Gasteiger partial charge < -0.3 is 14.2 Å². The van der Waals surface area contributed by atoms with Gasteiger partial charge in [0, 0.05) is 19.3 Å². The van der Waals surface area contributed by atoms with Crippen LogP contribution in [0.2, 0.25) is 0 Å². The van der Waals surface area contributed by atoms with Crippen LogP contribution >= 0.6 is 0 Å². The molecule has 358 valence electrons. The van der Waals surface area contributed by atoms with Crippen LogP contribution in [0.3, 0.4) is 0 Å². The SMILES string of the molecule is CCCC/C=C\CCCCCCCC(=O)OC(COC(=O)CCCCCCCCCCC)COC(=O)CCCCCCCCCCCCC/C=C\CCCCCCCCCC. The first-order valence-corrected chi connectivity index (χ1v) is 26.8. The molecule has 0 radical (unpaired) electrons. The Bertz CT molecular complexity index is 989. The second-order valence-corrected chi connectivity index (χ2v) is 18.1. The number of hydrogen-bond acceptors (Lipinski definition) is 6. The standard InChI is InChI=1S/C55H102O6/c1-4-7-10-13-16-19-21-22-23-24-25-26-27-28-29-30-31-32-34-36-39-42-45-48-54(57)60-51-52(50-59-53(56)47-44-41-38-35-18-15-12-9-6-3)61-55(58)49-46-43-40-37-33-20-17-14-11-8-5-2/h14,17,24-25,52H,4-13,15-16,18-23,26-51H2,1-3H3/b17-14-,25-24-. The quantitative estimate of drug-likeness (QED) is 0.0262. The fourth-order valence-electron chi connectivity index (χ4n) is 7.83. The first-order chi connectivity index (χ1) is 30.0. The van der Waals surface area contributed by atoms with Gasteiger partial charge in [0.15, 0.2) is 6.10 Å². The molecule has 0 aromatic carbocycles. The lowest BCUT2D eigenvalue weighted by Gasteiger charge is -2.18. The molecule has 0 rings (SSSR count). The van der Waals surface area contributed by atoms with Gasteiger partial charge in [0.2, 0.25) is 0 Å². The van der Waals surface area contributed by atoms with Crippen LogP contribution in [-0.4, -0.2) is 37.2 Å². The maximum atomic E-state index is 12.7. The van der Waals surface area contributed by atoms with Crippen molar-refractivity contribution in [3.63, 3.8) is 0 Å². The van der Waals surface area contributed by atoms with Crippen LogP contribution in [0, 0.1) is 0 Å². The maximum absolute atomic E-state index is 12.7. The fourth-order valence-corrected chi connectivity index (χ4v) is 7.83. The average Bonchev–Trinajstić information content (AvgIpc) is 3.26. The van der Waals surface area contributed by atoms with E-state index in [0.717, 1.165) is 64.2 Å². The van der Waals surface area contributed by atoms with Crippen LogP contribution in [0.25, 0.3) is 0 Å².